The van der Waals surface area contributed by atoms with Crippen LogP contribution in [0.1, 0.15) is 63.5 Å². The van der Waals surface area contributed by atoms with E-state index in [2.05, 4.69) is 79.8 Å². The lowest BCUT2D eigenvalue weighted by Gasteiger charge is -2.29. The van der Waals surface area contributed by atoms with Crippen molar-refractivity contribution in [3.05, 3.63) is 71.8 Å². The van der Waals surface area contributed by atoms with Crippen molar-refractivity contribution in [2.45, 2.75) is 70.1 Å². The number of carbonyl (C=O) groups excluding carboxylic acids is 1. The van der Waals surface area contributed by atoms with Gasteiger partial charge in [-0.25, -0.2) is 4.79 Å². The molecule has 0 aromatic heterocycles. The van der Waals surface area contributed by atoms with Gasteiger partial charge < -0.3 is 19.5 Å². The normalized spacial score (nSPS) is 24.6. The number of carbonyl (C=O) groups is 1. The average Bonchev–Trinajstić information content (AvgIpc) is 3.19. The number of amides is 1. The minimum absolute atomic E-state index is 0.198. The number of nitrogens with one attached hydrogen (secondary N) is 1. The zero-order chi connectivity index (χ0) is 23.7. The molecule has 178 valence electrons. The third-order valence-electron chi connectivity index (χ3n) is 7.02. The van der Waals surface area contributed by atoms with Crippen LogP contribution in [-0.4, -0.2) is 24.9 Å². The molecule has 2 fully saturated rings. The predicted molar refractivity (Wildman–Crippen MR) is 134 cm³/mol. The summed E-state index contributed by atoms with van der Waals surface area (Å²) in [5.74, 6) is 2.45. The van der Waals surface area contributed by atoms with Gasteiger partial charge in [-0.15, -0.1) is 0 Å². The topological polar surface area (TPSA) is 56.8 Å². The highest BCUT2D eigenvalue weighted by Gasteiger charge is 2.36. The third kappa shape index (κ3) is 4.84. The van der Waals surface area contributed by atoms with Gasteiger partial charge >= 0.3 is 6.09 Å². The van der Waals surface area contributed by atoms with Gasteiger partial charge in [-0.2, -0.15) is 0 Å². The third-order valence-corrected chi connectivity index (χ3v) is 7.02. The minimum atomic E-state index is -0.485. The molecule has 5 nitrogen and oxygen atoms in total. The SMILES string of the molecule is CC(C)Oc1ccc([C@H]2CC[C@H](Oc3ccc4cc([C@]5(C)COC(=O)N5)ccc4c3)CC2)cc1. The van der Waals surface area contributed by atoms with Crippen LogP contribution in [-0.2, 0) is 10.3 Å². The van der Waals surface area contributed by atoms with Gasteiger partial charge in [0.25, 0.3) is 0 Å². The summed E-state index contributed by atoms with van der Waals surface area (Å²) in [5.41, 5.74) is 1.95. The number of rotatable bonds is 6. The Morgan fingerprint density at radius 3 is 2.26 bits per heavy atom. The first-order chi connectivity index (χ1) is 16.4. The minimum Gasteiger partial charge on any atom is -0.491 e. The first-order valence-corrected chi connectivity index (χ1v) is 12.3. The Morgan fingerprint density at radius 1 is 0.912 bits per heavy atom. The van der Waals surface area contributed by atoms with Gasteiger partial charge in [0.2, 0.25) is 0 Å². The van der Waals surface area contributed by atoms with Gasteiger partial charge in [0.05, 0.1) is 17.7 Å². The largest absolute Gasteiger partial charge is 0.491 e. The highest BCUT2D eigenvalue weighted by molar-refractivity contribution is 5.85. The Balaban J connectivity index is 1.20. The fourth-order valence-electron chi connectivity index (χ4n) is 5.10. The molecule has 0 spiro atoms. The maximum Gasteiger partial charge on any atom is 0.408 e. The van der Waals surface area contributed by atoms with Gasteiger partial charge in [-0.1, -0.05) is 30.3 Å². The van der Waals surface area contributed by atoms with Crippen LogP contribution in [0.15, 0.2) is 60.7 Å². The van der Waals surface area contributed by atoms with E-state index < -0.39 is 5.54 Å². The van der Waals surface area contributed by atoms with Crippen LogP contribution < -0.4 is 14.8 Å². The molecule has 1 saturated heterocycles. The van der Waals surface area contributed by atoms with Crippen LogP contribution in [0.5, 0.6) is 11.5 Å². The number of fused-ring (bicyclic) bond motifs is 1. The summed E-state index contributed by atoms with van der Waals surface area (Å²) in [6, 6.07) is 21.1. The highest BCUT2D eigenvalue weighted by atomic mass is 16.6. The standard InChI is InChI=1S/C29H33NO4/c1-19(2)33-25-11-5-20(6-12-25)21-7-13-26(14-8-21)34-27-15-9-22-16-24(10-4-23(22)17-27)29(3)18-32-28(31)30-29/h4-6,9-12,15-17,19,21,26H,7-8,13-14,18H2,1-3H3,(H,30,31)/t21-,26-,29-/m0/s1. The number of ether oxygens (including phenoxy) is 3. The van der Waals surface area contributed by atoms with Crippen LogP contribution in [0.2, 0.25) is 0 Å². The van der Waals surface area contributed by atoms with E-state index in [9.17, 15) is 4.79 Å². The number of alkyl carbamates (subject to hydrolysis) is 1. The summed E-state index contributed by atoms with van der Waals surface area (Å²) in [7, 11) is 0. The summed E-state index contributed by atoms with van der Waals surface area (Å²) < 4.78 is 17.3. The van der Waals surface area contributed by atoms with E-state index in [1.165, 1.54) is 5.56 Å². The monoisotopic (exact) mass is 459 g/mol. The molecule has 0 bridgehead atoms. The zero-order valence-corrected chi connectivity index (χ0v) is 20.2. The molecule has 0 unspecified atom stereocenters. The van der Waals surface area contributed by atoms with Gasteiger partial charge in [0.15, 0.2) is 0 Å². The summed E-state index contributed by atoms with van der Waals surface area (Å²) in [6.45, 7) is 6.43. The molecule has 3 aromatic rings. The molecule has 34 heavy (non-hydrogen) atoms. The van der Waals surface area contributed by atoms with E-state index in [1.54, 1.807) is 0 Å². The Morgan fingerprint density at radius 2 is 1.59 bits per heavy atom. The van der Waals surface area contributed by atoms with Gasteiger partial charge in [-0.05, 0) is 105 Å². The van der Waals surface area contributed by atoms with Gasteiger partial charge in [0.1, 0.15) is 18.1 Å². The number of cyclic esters (lactones) is 1. The lowest BCUT2D eigenvalue weighted by Crippen LogP contribution is -2.37. The molecule has 1 amide bonds. The second-order valence-corrected chi connectivity index (χ2v) is 10.1. The first-order valence-electron chi connectivity index (χ1n) is 12.3. The molecule has 1 N–H and O–H groups in total. The fourth-order valence-corrected chi connectivity index (χ4v) is 5.10. The van der Waals surface area contributed by atoms with Crippen molar-refractivity contribution in [3.63, 3.8) is 0 Å². The second-order valence-electron chi connectivity index (χ2n) is 10.1. The van der Waals surface area contributed by atoms with Crippen molar-refractivity contribution in [2.75, 3.05) is 6.61 Å². The van der Waals surface area contributed by atoms with Crippen LogP contribution in [0.3, 0.4) is 0 Å². The highest BCUT2D eigenvalue weighted by Crippen LogP contribution is 2.36. The van der Waals surface area contributed by atoms with Crippen LogP contribution in [0, 0.1) is 0 Å². The van der Waals surface area contributed by atoms with Crippen molar-refractivity contribution in [1.82, 2.24) is 5.32 Å². The predicted octanol–water partition coefficient (Wildman–Crippen LogP) is 6.69. The molecule has 1 saturated carbocycles. The van der Waals surface area contributed by atoms with Gasteiger partial charge in [0, 0.05) is 0 Å². The Kier molecular flexibility index (Phi) is 6.11. The van der Waals surface area contributed by atoms with E-state index in [1.807, 2.05) is 6.92 Å². The Hall–Kier alpha value is -3.21. The number of hydrogen-bond acceptors (Lipinski definition) is 4. The summed E-state index contributed by atoms with van der Waals surface area (Å²) >= 11 is 0. The van der Waals surface area contributed by atoms with Crippen LogP contribution >= 0.6 is 0 Å². The molecule has 2 aliphatic rings. The molecule has 3 aromatic carbocycles. The molecule has 0 radical (unpaired) electrons. The van der Waals surface area contributed by atoms with Crippen molar-refractivity contribution in [3.8, 4) is 11.5 Å². The van der Waals surface area contributed by atoms with Crippen molar-refractivity contribution >= 4 is 16.9 Å². The smallest absolute Gasteiger partial charge is 0.408 e. The molecule has 1 heterocycles. The maximum atomic E-state index is 11.5. The zero-order valence-electron chi connectivity index (χ0n) is 20.2. The molecule has 1 aliphatic carbocycles. The fraction of sp³-hybridized carbons (Fsp3) is 0.414. The van der Waals surface area contributed by atoms with E-state index in [0.717, 1.165) is 53.5 Å². The maximum absolute atomic E-state index is 11.5. The van der Waals surface area contributed by atoms with E-state index in [4.69, 9.17) is 14.2 Å². The second kappa shape index (κ2) is 9.21. The van der Waals surface area contributed by atoms with Crippen LogP contribution in [0.25, 0.3) is 10.8 Å². The van der Waals surface area contributed by atoms with Crippen molar-refractivity contribution in [1.29, 1.82) is 0 Å². The molecule has 5 rings (SSSR count). The summed E-state index contributed by atoms with van der Waals surface area (Å²) in [5, 5.41) is 5.17. The summed E-state index contributed by atoms with van der Waals surface area (Å²) in [4.78, 5) is 11.5. The Labute approximate surface area is 201 Å². The van der Waals surface area contributed by atoms with E-state index in [0.29, 0.717) is 12.5 Å². The lowest BCUT2D eigenvalue weighted by atomic mass is 9.82. The average molecular weight is 460 g/mol. The quantitative estimate of drug-likeness (QED) is 0.446. The molecule has 1 atom stereocenters. The number of hydrogen-bond donors (Lipinski definition) is 1. The van der Waals surface area contributed by atoms with E-state index in [-0.39, 0.29) is 18.3 Å². The van der Waals surface area contributed by atoms with E-state index >= 15 is 0 Å². The summed E-state index contributed by atoms with van der Waals surface area (Å²) in [6.07, 6.45) is 4.48. The first kappa shape index (κ1) is 22.6. The molecular weight excluding hydrogens is 426 g/mol. The van der Waals surface area contributed by atoms with Gasteiger partial charge in [-0.3, -0.25) is 0 Å². The lowest BCUT2D eigenvalue weighted by molar-refractivity contribution is 0.146. The van der Waals surface area contributed by atoms with Crippen molar-refractivity contribution < 1.29 is 19.0 Å². The van der Waals surface area contributed by atoms with Crippen LogP contribution in [0.4, 0.5) is 4.79 Å². The molecular formula is C29H33NO4. The Bertz CT molecular complexity index is 1160. The molecule has 5 heteroatoms. The molecule has 1 aliphatic heterocycles. The van der Waals surface area contributed by atoms with Crippen molar-refractivity contribution in [2.24, 2.45) is 0 Å². The number of benzene rings is 3.